The second-order valence-electron chi connectivity index (χ2n) is 6.20. The normalized spacial score (nSPS) is 10.6. The number of hydrogen-bond acceptors (Lipinski definition) is 5. The third-order valence-corrected chi connectivity index (χ3v) is 5.56. The quantitative estimate of drug-likeness (QED) is 0.561. The summed E-state index contributed by atoms with van der Waals surface area (Å²) < 4.78 is 10.8. The summed E-state index contributed by atoms with van der Waals surface area (Å²) in [6, 6.07) is 13.2. The predicted octanol–water partition coefficient (Wildman–Crippen LogP) is 4.68. The monoisotopic (exact) mass is 416 g/mol. The fourth-order valence-corrected chi connectivity index (χ4v) is 4.00. The van der Waals surface area contributed by atoms with Gasteiger partial charge in [0, 0.05) is 30.1 Å². The van der Waals surface area contributed by atoms with Crippen molar-refractivity contribution in [2.75, 3.05) is 21.3 Å². The van der Waals surface area contributed by atoms with Crippen molar-refractivity contribution >= 4 is 28.8 Å². The Balaban J connectivity index is 1.70. The van der Waals surface area contributed by atoms with E-state index in [1.165, 1.54) is 11.3 Å². The smallest absolute Gasteiger partial charge is 0.228 e. The van der Waals surface area contributed by atoms with Gasteiger partial charge in [-0.25, -0.2) is 4.98 Å². The average Bonchev–Trinajstić information content (AvgIpc) is 3.16. The Morgan fingerprint density at radius 2 is 1.93 bits per heavy atom. The van der Waals surface area contributed by atoms with Crippen molar-refractivity contribution in [3.05, 3.63) is 64.1 Å². The maximum atomic E-state index is 12.7. The van der Waals surface area contributed by atoms with Gasteiger partial charge in [0.1, 0.15) is 5.01 Å². The number of rotatable bonds is 7. The lowest BCUT2D eigenvalue weighted by Crippen LogP contribution is -2.28. The van der Waals surface area contributed by atoms with E-state index in [0.29, 0.717) is 23.1 Å². The van der Waals surface area contributed by atoms with Gasteiger partial charge in [0.05, 0.1) is 31.4 Å². The maximum Gasteiger partial charge on any atom is 0.228 e. The number of carbonyl (C=O) groups is 1. The van der Waals surface area contributed by atoms with Gasteiger partial charge in [0.2, 0.25) is 5.91 Å². The molecule has 7 heteroatoms. The zero-order valence-electron chi connectivity index (χ0n) is 15.9. The Morgan fingerprint density at radius 1 is 1.14 bits per heavy atom. The largest absolute Gasteiger partial charge is 0.493 e. The van der Waals surface area contributed by atoms with E-state index in [2.05, 4.69) is 4.98 Å². The number of aromatic nitrogens is 1. The Hall–Kier alpha value is -2.57. The number of nitrogens with zero attached hydrogens (tertiary/aromatic N) is 2. The molecule has 0 N–H and O–H groups in total. The van der Waals surface area contributed by atoms with Crippen LogP contribution >= 0.6 is 22.9 Å². The van der Waals surface area contributed by atoms with Crippen LogP contribution < -0.4 is 9.47 Å². The van der Waals surface area contributed by atoms with E-state index in [4.69, 9.17) is 21.1 Å². The minimum atomic E-state index is -0.0270. The van der Waals surface area contributed by atoms with E-state index in [1.54, 1.807) is 26.2 Å². The van der Waals surface area contributed by atoms with Crippen LogP contribution in [0.1, 0.15) is 11.3 Å². The van der Waals surface area contributed by atoms with Gasteiger partial charge in [-0.2, -0.15) is 0 Å². The number of hydrogen-bond donors (Lipinski definition) is 0. The van der Waals surface area contributed by atoms with Crippen LogP contribution in [0.15, 0.2) is 47.8 Å². The first-order chi connectivity index (χ1) is 13.5. The molecule has 0 aliphatic rings. The standard InChI is InChI=1S/C21H21ClN2O3S/c1-24(12-14-7-6-10-18(26-2)20(14)27-3)19(25)11-15-13-28-21(23-15)16-8-4-5-9-17(16)22/h4-10,13H,11-12H2,1-3H3. The van der Waals surface area contributed by atoms with Crippen LogP contribution in [0, 0.1) is 0 Å². The number of halogens is 1. The van der Waals surface area contributed by atoms with Crippen LogP contribution in [0.25, 0.3) is 10.6 Å². The summed E-state index contributed by atoms with van der Waals surface area (Å²) >= 11 is 7.72. The van der Waals surface area contributed by atoms with E-state index in [9.17, 15) is 4.79 Å². The van der Waals surface area contributed by atoms with E-state index in [1.807, 2.05) is 47.8 Å². The highest BCUT2D eigenvalue weighted by molar-refractivity contribution is 7.13. The highest BCUT2D eigenvalue weighted by Crippen LogP contribution is 2.32. The highest BCUT2D eigenvalue weighted by Gasteiger charge is 2.17. The van der Waals surface area contributed by atoms with Crippen LogP contribution in [-0.2, 0) is 17.8 Å². The Bertz CT molecular complexity index is 974. The first kappa shape index (κ1) is 20.2. The van der Waals surface area contributed by atoms with Gasteiger partial charge in [-0.05, 0) is 12.1 Å². The summed E-state index contributed by atoms with van der Waals surface area (Å²) in [5.41, 5.74) is 2.49. The van der Waals surface area contributed by atoms with Gasteiger partial charge >= 0.3 is 0 Å². The predicted molar refractivity (Wildman–Crippen MR) is 112 cm³/mol. The van der Waals surface area contributed by atoms with Crippen molar-refractivity contribution in [2.24, 2.45) is 0 Å². The van der Waals surface area contributed by atoms with E-state index >= 15 is 0 Å². The third kappa shape index (κ3) is 4.46. The zero-order valence-corrected chi connectivity index (χ0v) is 17.5. The van der Waals surface area contributed by atoms with Crippen LogP contribution in [-0.4, -0.2) is 37.1 Å². The van der Waals surface area contributed by atoms with Crippen molar-refractivity contribution < 1.29 is 14.3 Å². The molecule has 5 nitrogen and oxygen atoms in total. The summed E-state index contributed by atoms with van der Waals surface area (Å²) in [6.07, 6.45) is 0.226. The topological polar surface area (TPSA) is 51.7 Å². The number of methoxy groups -OCH3 is 2. The summed E-state index contributed by atoms with van der Waals surface area (Å²) in [7, 11) is 4.95. The van der Waals surface area contributed by atoms with Gasteiger partial charge in [0.25, 0.3) is 0 Å². The minimum Gasteiger partial charge on any atom is -0.493 e. The molecule has 28 heavy (non-hydrogen) atoms. The Labute approximate surface area is 173 Å². The molecule has 146 valence electrons. The minimum absolute atomic E-state index is 0.0270. The van der Waals surface area contributed by atoms with Crippen molar-refractivity contribution in [3.8, 4) is 22.1 Å². The molecule has 0 spiro atoms. The molecule has 1 aromatic heterocycles. The van der Waals surface area contributed by atoms with Crippen LogP contribution in [0.5, 0.6) is 11.5 Å². The molecule has 0 saturated carbocycles. The van der Waals surface area contributed by atoms with Crippen LogP contribution in [0.2, 0.25) is 5.02 Å². The lowest BCUT2D eigenvalue weighted by Gasteiger charge is -2.19. The molecular weight excluding hydrogens is 396 g/mol. The number of amides is 1. The number of benzene rings is 2. The fourth-order valence-electron chi connectivity index (χ4n) is 2.86. The van der Waals surface area contributed by atoms with Gasteiger partial charge < -0.3 is 14.4 Å². The highest BCUT2D eigenvalue weighted by atomic mass is 35.5. The second kappa shape index (κ2) is 9.08. The molecule has 3 aromatic rings. The summed E-state index contributed by atoms with van der Waals surface area (Å²) in [4.78, 5) is 18.9. The van der Waals surface area contributed by atoms with Gasteiger partial charge in [-0.1, -0.05) is 41.9 Å². The fraction of sp³-hybridized carbons (Fsp3) is 0.238. The van der Waals surface area contributed by atoms with Gasteiger partial charge in [-0.3, -0.25) is 4.79 Å². The summed E-state index contributed by atoms with van der Waals surface area (Å²) in [6.45, 7) is 0.417. The average molecular weight is 417 g/mol. The zero-order chi connectivity index (χ0) is 20.1. The lowest BCUT2D eigenvalue weighted by atomic mass is 10.1. The molecule has 0 radical (unpaired) electrons. The van der Waals surface area contributed by atoms with Gasteiger partial charge in [-0.15, -0.1) is 11.3 Å². The Kier molecular flexibility index (Phi) is 6.54. The SMILES string of the molecule is COc1cccc(CN(C)C(=O)Cc2csc(-c3ccccc3Cl)n2)c1OC. The molecule has 2 aromatic carbocycles. The molecule has 0 atom stereocenters. The van der Waals surface area contributed by atoms with Crippen molar-refractivity contribution in [3.63, 3.8) is 0 Å². The molecule has 3 rings (SSSR count). The number of carbonyl (C=O) groups excluding carboxylic acids is 1. The molecule has 0 fully saturated rings. The molecule has 0 saturated heterocycles. The van der Waals surface area contributed by atoms with Gasteiger partial charge in [0.15, 0.2) is 11.5 Å². The maximum absolute atomic E-state index is 12.7. The summed E-state index contributed by atoms with van der Waals surface area (Å²) in [5, 5.41) is 3.36. The summed E-state index contributed by atoms with van der Waals surface area (Å²) in [5.74, 6) is 1.25. The van der Waals surface area contributed by atoms with Crippen molar-refractivity contribution in [2.45, 2.75) is 13.0 Å². The number of para-hydroxylation sites is 1. The molecule has 1 amide bonds. The molecule has 1 heterocycles. The van der Waals surface area contributed by atoms with E-state index < -0.39 is 0 Å². The lowest BCUT2D eigenvalue weighted by molar-refractivity contribution is -0.129. The van der Waals surface area contributed by atoms with E-state index in [-0.39, 0.29) is 12.3 Å². The first-order valence-electron chi connectivity index (χ1n) is 8.66. The Morgan fingerprint density at radius 3 is 2.64 bits per heavy atom. The molecular formula is C21H21ClN2O3S. The van der Waals surface area contributed by atoms with Crippen LogP contribution in [0.3, 0.4) is 0 Å². The molecule has 0 unspecified atom stereocenters. The number of ether oxygens (including phenoxy) is 2. The molecule has 0 bridgehead atoms. The first-order valence-corrected chi connectivity index (χ1v) is 9.92. The third-order valence-electron chi connectivity index (χ3n) is 4.31. The second-order valence-corrected chi connectivity index (χ2v) is 7.47. The number of thiazole rings is 1. The molecule has 0 aliphatic heterocycles. The van der Waals surface area contributed by atoms with Crippen LogP contribution in [0.4, 0.5) is 0 Å². The number of likely N-dealkylation sites (N-methyl/N-ethyl adjacent to an activating group) is 1. The molecule has 0 aliphatic carbocycles. The van der Waals surface area contributed by atoms with Crippen molar-refractivity contribution in [1.29, 1.82) is 0 Å². The van der Waals surface area contributed by atoms with Crippen molar-refractivity contribution in [1.82, 2.24) is 9.88 Å². The van der Waals surface area contributed by atoms with E-state index in [0.717, 1.165) is 21.8 Å².